The number of carbonyl (C=O) groups excluding carboxylic acids is 1. The molecule has 38 heavy (non-hydrogen) atoms. The van der Waals surface area contributed by atoms with Gasteiger partial charge in [-0.1, -0.05) is 48.5 Å². The molecular weight excluding hydrogens is 484 g/mol. The second-order valence-electron chi connectivity index (χ2n) is 8.63. The van der Waals surface area contributed by atoms with Crippen molar-refractivity contribution in [3.63, 3.8) is 0 Å². The average molecular weight is 521 g/mol. The summed E-state index contributed by atoms with van der Waals surface area (Å²) in [7, 11) is 0. The van der Waals surface area contributed by atoms with Crippen LogP contribution in [0.15, 0.2) is 84.9 Å². The fraction of sp³-hybridized carbons (Fsp3) is 0.333. The summed E-state index contributed by atoms with van der Waals surface area (Å²) in [5, 5.41) is 12.2. The third-order valence-corrected chi connectivity index (χ3v) is 5.76. The number of amides is 2. The van der Waals surface area contributed by atoms with E-state index >= 15 is 0 Å². The van der Waals surface area contributed by atoms with Gasteiger partial charge in [0.05, 0.1) is 13.2 Å². The zero-order chi connectivity index (χ0) is 27.0. The van der Waals surface area contributed by atoms with Crippen molar-refractivity contribution in [2.75, 3.05) is 38.2 Å². The molecule has 8 nitrogen and oxygen atoms in total. The SMILES string of the molecule is CCOC(Cc1ccc(OCCN(CCCCOc2ccccc2)C(=O)Nc2ccccc2)cc1)C(=O)O. The van der Waals surface area contributed by atoms with Crippen LogP contribution < -0.4 is 14.8 Å². The van der Waals surface area contributed by atoms with Crippen LogP contribution in [0.25, 0.3) is 0 Å². The number of carboxylic acids is 1. The quantitative estimate of drug-likeness (QED) is 0.242. The lowest BCUT2D eigenvalue weighted by atomic mass is 10.1. The van der Waals surface area contributed by atoms with E-state index in [1.165, 1.54) is 0 Å². The molecule has 3 aromatic rings. The molecule has 1 atom stereocenters. The van der Waals surface area contributed by atoms with Gasteiger partial charge in [0.1, 0.15) is 18.1 Å². The monoisotopic (exact) mass is 520 g/mol. The van der Waals surface area contributed by atoms with Crippen LogP contribution in [0.5, 0.6) is 11.5 Å². The van der Waals surface area contributed by atoms with Crippen LogP contribution in [-0.2, 0) is 16.0 Å². The highest BCUT2D eigenvalue weighted by Gasteiger charge is 2.18. The standard InChI is InChI=1S/C30H36N2O6/c1-2-36-28(29(33)34)23-24-15-17-27(18-16-24)38-22-20-32(30(35)31-25-11-5-3-6-12-25)19-9-10-21-37-26-13-7-4-8-14-26/h3-8,11-18,28H,2,9-10,19-23H2,1H3,(H,31,35)(H,33,34). The molecule has 0 aliphatic rings. The number of hydrogen-bond acceptors (Lipinski definition) is 5. The average Bonchev–Trinajstić information content (AvgIpc) is 2.93. The molecule has 1 unspecified atom stereocenters. The summed E-state index contributed by atoms with van der Waals surface area (Å²) in [5.74, 6) is 0.506. The minimum Gasteiger partial charge on any atom is -0.494 e. The van der Waals surface area contributed by atoms with Crippen molar-refractivity contribution in [3.05, 3.63) is 90.5 Å². The Labute approximate surface area is 224 Å². The fourth-order valence-corrected chi connectivity index (χ4v) is 3.78. The molecule has 0 bridgehead atoms. The molecule has 0 spiro atoms. The number of carboxylic acid groups (broad SMARTS) is 1. The van der Waals surface area contributed by atoms with Crippen molar-refractivity contribution in [3.8, 4) is 11.5 Å². The first kappa shape index (κ1) is 28.5. The molecular formula is C30H36N2O6. The lowest BCUT2D eigenvalue weighted by molar-refractivity contribution is -0.149. The van der Waals surface area contributed by atoms with E-state index in [0.29, 0.717) is 38.7 Å². The van der Waals surface area contributed by atoms with Crippen LogP contribution in [0.3, 0.4) is 0 Å². The number of urea groups is 1. The van der Waals surface area contributed by atoms with Gasteiger partial charge in [-0.05, 0) is 61.7 Å². The highest BCUT2D eigenvalue weighted by molar-refractivity contribution is 5.89. The van der Waals surface area contributed by atoms with Crippen LogP contribution in [0.2, 0.25) is 0 Å². The Morgan fingerprint density at radius 3 is 2.11 bits per heavy atom. The zero-order valence-electron chi connectivity index (χ0n) is 21.8. The largest absolute Gasteiger partial charge is 0.494 e. The molecule has 0 aliphatic carbocycles. The third-order valence-electron chi connectivity index (χ3n) is 5.76. The summed E-state index contributed by atoms with van der Waals surface area (Å²) < 4.78 is 16.9. The molecule has 3 aromatic carbocycles. The number of nitrogens with one attached hydrogen (secondary N) is 1. The molecule has 3 rings (SSSR count). The third kappa shape index (κ3) is 10.1. The number of unbranched alkanes of at least 4 members (excludes halogenated alkanes) is 1. The second kappa shape index (κ2) is 15.9. The predicted octanol–water partition coefficient (Wildman–Crippen LogP) is 5.49. The molecule has 0 aliphatic heterocycles. The minimum absolute atomic E-state index is 0.185. The van der Waals surface area contributed by atoms with Gasteiger partial charge >= 0.3 is 12.0 Å². The smallest absolute Gasteiger partial charge is 0.333 e. The lowest BCUT2D eigenvalue weighted by Crippen LogP contribution is -2.38. The Kier molecular flexibility index (Phi) is 12.0. The van der Waals surface area contributed by atoms with Gasteiger partial charge in [-0.2, -0.15) is 0 Å². The number of aliphatic carboxylic acids is 1. The minimum atomic E-state index is -0.979. The van der Waals surface area contributed by atoms with Gasteiger partial charge in [0, 0.05) is 25.3 Å². The van der Waals surface area contributed by atoms with E-state index in [1.54, 1.807) is 24.0 Å². The summed E-state index contributed by atoms with van der Waals surface area (Å²) in [6.07, 6.45) is 1.01. The molecule has 0 radical (unpaired) electrons. The molecule has 2 N–H and O–H groups in total. The fourth-order valence-electron chi connectivity index (χ4n) is 3.78. The normalized spacial score (nSPS) is 11.4. The van der Waals surface area contributed by atoms with Gasteiger partial charge in [-0.25, -0.2) is 9.59 Å². The van der Waals surface area contributed by atoms with Crippen LogP contribution in [0.4, 0.5) is 10.5 Å². The highest BCUT2D eigenvalue weighted by atomic mass is 16.5. The molecule has 202 valence electrons. The number of hydrogen-bond donors (Lipinski definition) is 2. The van der Waals surface area contributed by atoms with Crippen molar-refractivity contribution in [2.24, 2.45) is 0 Å². The molecule has 0 heterocycles. The second-order valence-corrected chi connectivity index (χ2v) is 8.63. The number of benzene rings is 3. The summed E-state index contributed by atoms with van der Waals surface area (Å²) in [6, 6.07) is 26.1. The number of ether oxygens (including phenoxy) is 3. The highest BCUT2D eigenvalue weighted by Crippen LogP contribution is 2.15. The maximum absolute atomic E-state index is 13.0. The maximum atomic E-state index is 13.0. The predicted molar refractivity (Wildman–Crippen MR) is 147 cm³/mol. The molecule has 2 amide bonds. The first-order valence-corrected chi connectivity index (χ1v) is 12.9. The molecule has 0 saturated carbocycles. The zero-order valence-corrected chi connectivity index (χ0v) is 21.8. The van der Waals surface area contributed by atoms with Crippen LogP contribution in [-0.4, -0.2) is 61.0 Å². The number of rotatable bonds is 16. The van der Waals surface area contributed by atoms with Crippen LogP contribution >= 0.6 is 0 Å². The number of nitrogens with zero attached hydrogens (tertiary/aromatic N) is 1. The Balaban J connectivity index is 1.49. The molecule has 0 fully saturated rings. The van der Waals surface area contributed by atoms with Gasteiger partial charge in [0.25, 0.3) is 0 Å². The van der Waals surface area contributed by atoms with Crippen molar-refractivity contribution < 1.29 is 28.9 Å². The van der Waals surface area contributed by atoms with Crippen LogP contribution in [0.1, 0.15) is 25.3 Å². The van der Waals surface area contributed by atoms with E-state index in [0.717, 1.165) is 29.8 Å². The van der Waals surface area contributed by atoms with Crippen molar-refractivity contribution in [1.29, 1.82) is 0 Å². The van der Waals surface area contributed by atoms with E-state index < -0.39 is 12.1 Å². The van der Waals surface area contributed by atoms with Gasteiger partial charge in [0.2, 0.25) is 0 Å². The summed E-state index contributed by atoms with van der Waals surface area (Å²) >= 11 is 0. The number of carbonyl (C=O) groups is 2. The summed E-state index contributed by atoms with van der Waals surface area (Å²) in [5.41, 5.74) is 1.58. The molecule has 8 heteroatoms. The number of para-hydroxylation sites is 2. The van der Waals surface area contributed by atoms with Crippen molar-refractivity contribution in [1.82, 2.24) is 4.90 Å². The Hall–Kier alpha value is -4.04. The van der Waals surface area contributed by atoms with Crippen molar-refractivity contribution in [2.45, 2.75) is 32.3 Å². The van der Waals surface area contributed by atoms with Gasteiger partial charge < -0.3 is 29.5 Å². The molecule has 0 aromatic heterocycles. The van der Waals surface area contributed by atoms with E-state index in [2.05, 4.69) is 5.32 Å². The van der Waals surface area contributed by atoms with E-state index in [1.807, 2.05) is 72.8 Å². The lowest BCUT2D eigenvalue weighted by Gasteiger charge is -2.23. The summed E-state index contributed by atoms with van der Waals surface area (Å²) in [4.78, 5) is 26.0. The topological polar surface area (TPSA) is 97.3 Å². The van der Waals surface area contributed by atoms with E-state index in [-0.39, 0.29) is 12.5 Å². The number of anilines is 1. The first-order valence-electron chi connectivity index (χ1n) is 12.9. The maximum Gasteiger partial charge on any atom is 0.333 e. The Bertz CT molecular complexity index is 1090. The van der Waals surface area contributed by atoms with Gasteiger partial charge in [0.15, 0.2) is 6.10 Å². The Morgan fingerprint density at radius 2 is 1.45 bits per heavy atom. The van der Waals surface area contributed by atoms with Crippen LogP contribution in [0, 0.1) is 0 Å². The first-order chi connectivity index (χ1) is 18.5. The van der Waals surface area contributed by atoms with Crippen molar-refractivity contribution >= 4 is 17.7 Å². The van der Waals surface area contributed by atoms with E-state index in [9.17, 15) is 14.7 Å². The summed E-state index contributed by atoms with van der Waals surface area (Å²) in [6.45, 7) is 3.98. The Morgan fingerprint density at radius 1 is 0.816 bits per heavy atom. The van der Waals surface area contributed by atoms with Gasteiger partial charge in [-0.15, -0.1) is 0 Å². The molecule has 0 saturated heterocycles. The van der Waals surface area contributed by atoms with Gasteiger partial charge in [-0.3, -0.25) is 0 Å². The van der Waals surface area contributed by atoms with E-state index in [4.69, 9.17) is 14.2 Å².